The van der Waals surface area contributed by atoms with E-state index in [1.807, 2.05) is 0 Å². The van der Waals surface area contributed by atoms with Crippen LogP contribution in [0, 0.1) is 0 Å². The molecule has 2 N–H and O–H groups in total. The molecule has 0 aromatic heterocycles. The highest BCUT2D eigenvalue weighted by molar-refractivity contribution is 6.58. The summed E-state index contributed by atoms with van der Waals surface area (Å²) in [5, 5.41) is 30.1. The fourth-order valence-electron chi connectivity index (χ4n) is 1.75. The molecule has 0 saturated heterocycles. The topological polar surface area (TPSA) is 118 Å². The lowest BCUT2D eigenvalue weighted by molar-refractivity contribution is -0.255. The second kappa shape index (κ2) is 5.57. The molecule has 1 aliphatic heterocycles. The van der Waals surface area contributed by atoms with Gasteiger partial charge in [-0.3, -0.25) is 0 Å². The Morgan fingerprint density at radius 1 is 1.45 bits per heavy atom. The summed E-state index contributed by atoms with van der Waals surface area (Å²) in [4.78, 5) is 11.2. The van der Waals surface area contributed by atoms with E-state index in [-0.39, 0.29) is 30.5 Å². The van der Waals surface area contributed by atoms with Gasteiger partial charge in [-0.1, -0.05) is 0 Å². The maximum absolute atomic E-state index is 11.2. The summed E-state index contributed by atoms with van der Waals surface area (Å²) in [6, 6.07) is 2.78. The molecular formula is C11H13BO8-2. The Morgan fingerprint density at radius 3 is 2.85 bits per heavy atom. The van der Waals surface area contributed by atoms with E-state index in [0.717, 1.165) is 0 Å². The Bertz CT molecular complexity index is 515. The van der Waals surface area contributed by atoms with Crippen molar-refractivity contribution in [2.45, 2.75) is 0 Å². The first kappa shape index (κ1) is 14.4. The smallest absolute Gasteiger partial charge is 0.467 e. The molecule has 1 aromatic rings. The zero-order valence-electron chi connectivity index (χ0n) is 10.7. The van der Waals surface area contributed by atoms with Crippen LogP contribution in [0.2, 0.25) is 0 Å². The van der Waals surface area contributed by atoms with Crippen molar-refractivity contribution < 1.29 is 38.8 Å². The van der Waals surface area contributed by atoms with Crippen LogP contribution in [0.15, 0.2) is 12.1 Å². The van der Waals surface area contributed by atoms with Gasteiger partial charge in [0.15, 0.2) is 5.75 Å². The van der Waals surface area contributed by atoms with E-state index in [1.165, 1.54) is 19.2 Å². The van der Waals surface area contributed by atoms with Crippen LogP contribution in [0.1, 0.15) is 10.4 Å². The number of fused-ring (bicyclic) bond motifs is 1. The van der Waals surface area contributed by atoms with Crippen molar-refractivity contribution in [3.05, 3.63) is 17.7 Å². The molecule has 110 valence electrons. The minimum atomic E-state index is -3.27. The predicted molar refractivity (Wildman–Crippen MR) is 64.5 cm³/mol. The van der Waals surface area contributed by atoms with Gasteiger partial charge in [-0.15, -0.1) is 0 Å². The quantitative estimate of drug-likeness (QED) is 0.485. The molecule has 2 rings (SSSR count). The average Bonchev–Trinajstić information content (AvgIpc) is 2.37. The molecule has 1 aliphatic rings. The second-order valence-corrected chi connectivity index (χ2v) is 4.18. The average molecular weight is 284 g/mol. The largest absolute Gasteiger partial charge is 0.665 e. The predicted octanol–water partition coefficient (Wildman–Crippen LogP) is -1.69. The van der Waals surface area contributed by atoms with Crippen molar-refractivity contribution in [1.29, 1.82) is 0 Å². The van der Waals surface area contributed by atoms with Gasteiger partial charge in [0.2, 0.25) is 0 Å². The molecule has 0 bridgehead atoms. The van der Waals surface area contributed by atoms with Crippen molar-refractivity contribution >= 4 is 12.7 Å². The first-order chi connectivity index (χ1) is 9.44. The van der Waals surface area contributed by atoms with Crippen LogP contribution in [0.25, 0.3) is 0 Å². The van der Waals surface area contributed by atoms with E-state index in [4.69, 9.17) is 18.9 Å². The maximum atomic E-state index is 11.2. The van der Waals surface area contributed by atoms with Crippen LogP contribution in [0.5, 0.6) is 17.2 Å². The highest BCUT2D eigenvalue weighted by Gasteiger charge is 2.33. The van der Waals surface area contributed by atoms with Crippen LogP contribution in [-0.2, 0) is 4.74 Å². The summed E-state index contributed by atoms with van der Waals surface area (Å²) in [6.07, 6.45) is 0. The molecule has 0 atom stereocenters. The van der Waals surface area contributed by atoms with Crippen molar-refractivity contribution in [2.24, 2.45) is 0 Å². The van der Waals surface area contributed by atoms with Crippen molar-refractivity contribution in [3.63, 3.8) is 0 Å². The molecule has 0 fully saturated rings. The number of hydrogen-bond acceptors (Lipinski definition) is 8. The molecule has 9 heteroatoms. The normalized spacial score (nSPS) is 15.8. The molecule has 0 amide bonds. The molecule has 1 aromatic carbocycles. The van der Waals surface area contributed by atoms with Gasteiger partial charge < -0.3 is 38.8 Å². The molecule has 8 nitrogen and oxygen atoms in total. The minimum Gasteiger partial charge on any atom is -0.665 e. The van der Waals surface area contributed by atoms with Crippen LogP contribution in [-0.4, -0.2) is 49.6 Å². The number of benzene rings is 1. The van der Waals surface area contributed by atoms with Gasteiger partial charge in [0.1, 0.15) is 18.1 Å². The number of aromatic carboxylic acids is 1. The molecule has 0 aliphatic carbocycles. The van der Waals surface area contributed by atoms with Gasteiger partial charge in [0.25, 0.3) is 0 Å². The molecule has 0 saturated carbocycles. The van der Waals surface area contributed by atoms with Gasteiger partial charge in [-0.05, 0) is 12.1 Å². The number of carbonyl (C=O) groups is 1. The van der Waals surface area contributed by atoms with Gasteiger partial charge in [-0.25, -0.2) is 0 Å². The van der Waals surface area contributed by atoms with Gasteiger partial charge in [0.05, 0.1) is 24.6 Å². The SMILES string of the molecule is COCCOc1ccc2c(c1C(=O)[O-])O[B-](O)(O)CO2. The first-order valence-electron chi connectivity index (χ1n) is 5.87. The van der Waals surface area contributed by atoms with Crippen LogP contribution >= 0.6 is 0 Å². The molecule has 20 heavy (non-hydrogen) atoms. The third-order valence-corrected chi connectivity index (χ3v) is 2.60. The number of methoxy groups -OCH3 is 1. The first-order valence-corrected chi connectivity index (χ1v) is 5.87. The van der Waals surface area contributed by atoms with Crippen molar-refractivity contribution in [2.75, 3.05) is 26.8 Å². The van der Waals surface area contributed by atoms with Gasteiger partial charge in [-0.2, -0.15) is 0 Å². The van der Waals surface area contributed by atoms with Crippen LogP contribution in [0.4, 0.5) is 0 Å². The molecule has 1 heterocycles. The third kappa shape index (κ3) is 2.95. The number of ether oxygens (including phenoxy) is 3. The molecule has 0 radical (unpaired) electrons. The number of carbonyl (C=O) groups excluding carboxylic acids is 1. The highest BCUT2D eigenvalue weighted by Crippen LogP contribution is 2.40. The van der Waals surface area contributed by atoms with E-state index in [9.17, 15) is 19.9 Å². The summed E-state index contributed by atoms with van der Waals surface area (Å²) in [5.74, 6) is -1.86. The maximum Gasteiger partial charge on any atom is 0.467 e. The standard InChI is InChI=1S/C11H14BO8/c1-17-4-5-18-7-2-3-8-10(9(7)11(13)14)20-12(15,16)6-19-8/h2-3,15-16H,4-6H2,1H3,(H,13,14)/q-1/p-1. The monoisotopic (exact) mass is 284 g/mol. The van der Waals surface area contributed by atoms with Crippen molar-refractivity contribution in [1.82, 2.24) is 0 Å². The minimum absolute atomic E-state index is 0.0297. The Labute approximate surface area is 114 Å². The second-order valence-electron chi connectivity index (χ2n) is 4.18. The molecular weight excluding hydrogens is 271 g/mol. The Morgan fingerprint density at radius 2 is 2.20 bits per heavy atom. The van der Waals surface area contributed by atoms with E-state index >= 15 is 0 Å². The lowest BCUT2D eigenvalue weighted by Gasteiger charge is -2.37. The zero-order chi connectivity index (χ0) is 14.8. The van der Waals surface area contributed by atoms with Gasteiger partial charge in [0, 0.05) is 7.11 Å². The highest BCUT2D eigenvalue weighted by atomic mass is 16.7. The van der Waals surface area contributed by atoms with Crippen LogP contribution in [0.3, 0.4) is 0 Å². The summed E-state index contributed by atoms with van der Waals surface area (Å²) >= 11 is 0. The van der Waals surface area contributed by atoms with Crippen LogP contribution < -0.4 is 19.2 Å². The van der Waals surface area contributed by atoms with E-state index in [2.05, 4.69) is 0 Å². The van der Waals surface area contributed by atoms with Crippen molar-refractivity contribution in [3.8, 4) is 17.2 Å². The summed E-state index contributed by atoms with van der Waals surface area (Å²) in [7, 11) is 1.47. The van der Waals surface area contributed by atoms with E-state index in [1.54, 1.807) is 0 Å². The fourth-order valence-corrected chi connectivity index (χ4v) is 1.75. The molecule has 0 spiro atoms. The number of carboxylic acid groups (broad SMARTS) is 1. The Hall–Kier alpha value is -1.97. The van der Waals surface area contributed by atoms with E-state index < -0.39 is 24.8 Å². The lowest BCUT2D eigenvalue weighted by atomic mass is 9.80. The Kier molecular flexibility index (Phi) is 4.02. The summed E-state index contributed by atoms with van der Waals surface area (Å²) in [6.45, 7) is -3.38. The lowest BCUT2D eigenvalue weighted by Crippen LogP contribution is -2.51. The third-order valence-electron chi connectivity index (χ3n) is 2.60. The molecule has 0 unspecified atom stereocenters. The summed E-state index contributed by atoms with van der Waals surface area (Å²) < 4.78 is 19.9. The number of rotatable bonds is 5. The Balaban J connectivity index is 2.38. The zero-order valence-corrected chi connectivity index (χ0v) is 10.7. The fraction of sp³-hybridized carbons (Fsp3) is 0.364. The number of hydrogen-bond donors (Lipinski definition) is 2. The summed E-state index contributed by atoms with van der Waals surface area (Å²) in [5.41, 5.74) is -0.437. The van der Waals surface area contributed by atoms with Gasteiger partial charge >= 0.3 is 6.75 Å². The van der Waals surface area contributed by atoms with E-state index in [0.29, 0.717) is 0 Å². The number of carboxylic acids is 1.